The molecule has 2 heterocycles. The Kier molecular flexibility index (Phi) is 5.45. The Hall–Kier alpha value is -2.25. The number of pyridine rings is 1. The number of carbonyl (C=O) groups is 1. The summed E-state index contributed by atoms with van der Waals surface area (Å²) in [6.45, 7) is 4.96. The maximum Gasteiger partial charge on any atom is 0.272 e. The van der Waals surface area contributed by atoms with E-state index in [0.717, 1.165) is 18.9 Å². The van der Waals surface area contributed by atoms with Gasteiger partial charge in [-0.25, -0.2) is 13.8 Å². The van der Waals surface area contributed by atoms with Crippen molar-refractivity contribution >= 4 is 23.2 Å². The highest BCUT2D eigenvalue weighted by Gasteiger charge is 2.36. The molecule has 5 nitrogen and oxygen atoms in total. The van der Waals surface area contributed by atoms with Gasteiger partial charge in [0, 0.05) is 42.5 Å². The van der Waals surface area contributed by atoms with Gasteiger partial charge in [-0.05, 0) is 56.7 Å². The van der Waals surface area contributed by atoms with E-state index in [1.165, 1.54) is 18.3 Å². The summed E-state index contributed by atoms with van der Waals surface area (Å²) in [4.78, 5) is 19.4. The molecule has 2 aliphatic rings. The molecular weight excluding hydrogens is 410 g/mol. The SMILES string of the molecule is CC(NC(=O)c1ncc(Cl)c(-c2cc(F)cc(F)c2)c1N1CC[C@](C)(N)C1)C1CC1. The number of aromatic nitrogens is 1. The number of benzene rings is 1. The van der Waals surface area contributed by atoms with Gasteiger partial charge in [0.25, 0.3) is 5.91 Å². The van der Waals surface area contributed by atoms with Crippen molar-refractivity contribution in [2.75, 3.05) is 18.0 Å². The van der Waals surface area contributed by atoms with Crippen LogP contribution < -0.4 is 16.0 Å². The average molecular weight is 435 g/mol. The molecular formula is C22H25ClF2N4O. The van der Waals surface area contributed by atoms with Crippen molar-refractivity contribution in [2.45, 2.75) is 44.7 Å². The number of nitrogens with one attached hydrogen (secondary N) is 1. The molecule has 8 heteroatoms. The molecule has 160 valence electrons. The zero-order valence-electron chi connectivity index (χ0n) is 17.0. The molecule has 0 bridgehead atoms. The van der Waals surface area contributed by atoms with Crippen LogP contribution >= 0.6 is 11.6 Å². The van der Waals surface area contributed by atoms with Gasteiger partial charge in [-0.1, -0.05) is 11.6 Å². The van der Waals surface area contributed by atoms with Gasteiger partial charge in [-0.2, -0.15) is 0 Å². The molecule has 2 aromatic rings. The minimum absolute atomic E-state index is 0.0243. The van der Waals surface area contributed by atoms with E-state index in [0.29, 0.717) is 36.7 Å². The number of carbonyl (C=O) groups excluding carboxylic acids is 1. The number of hydrogen-bond donors (Lipinski definition) is 2. The number of halogens is 3. The van der Waals surface area contributed by atoms with Crippen LogP contribution in [0.4, 0.5) is 14.5 Å². The predicted octanol–water partition coefficient (Wildman–Crippen LogP) is 4.14. The molecule has 1 unspecified atom stereocenters. The first-order valence-electron chi connectivity index (χ1n) is 10.1. The standard InChI is InChI=1S/C22H25ClF2N4O/c1-12(13-3-4-13)28-21(30)19-20(29-6-5-22(2,26)11-29)18(17(23)10-27-19)14-7-15(24)9-16(25)8-14/h7-10,12-13H,3-6,11,26H2,1-2H3,(H,28,30)/t12?,22-/m0/s1. The molecule has 1 saturated heterocycles. The van der Waals surface area contributed by atoms with Gasteiger partial charge in [0.1, 0.15) is 11.6 Å². The van der Waals surface area contributed by atoms with Crippen LogP contribution in [0, 0.1) is 17.6 Å². The fourth-order valence-corrected chi connectivity index (χ4v) is 4.34. The second kappa shape index (κ2) is 7.78. The van der Waals surface area contributed by atoms with E-state index in [1.807, 2.05) is 18.7 Å². The van der Waals surface area contributed by atoms with Gasteiger partial charge in [0.05, 0.1) is 10.7 Å². The lowest BCUT2D eigenvalue weighted by Gasteiger charge is -2.27. The minimum Gasteiger partial charge on any atom is -0.367 e. The molecule has 2 fully saturated rings. The van der Waals surface area contributed by atoms with Gasteiger partial charge in [-0.15, -0.1) is 0 Å². The van der Waals surface area contributed by atoms with Gasteiger partial charge >= 0.3 is 0 Å². The Morgan fingerprint density at radius 2 is 2.00 bits per heavy atom. The zero-order valence-corrected chi connectivity index (χ0v) is 17.8. The van der Waals surface area contributed by atoms with Gasteiger partial charge in [-0.3, -0.25) is 4.79 Å². The molecule has 3 N–H and O–H groups in total. The topological polar surface area (TPSA) is 71.2 Å². The summed E-state index contributed by atoms with van der Waals surface area (Å²) >= 11 is 6.46. The number of anilines is 1. The van der Waals surface area contributed by atoms with Crippen LogP contribution in [0.5, 0.6) is 0 Å². The van der Waals surface area contributed by atoms with Crippen LogP contribution in [0.1, 0.15) is 43.6 Å². The van der Waals surface area contributed by atoms with Gasteiger partial charge in [0.2, 0.25) is 0 Å². The number of amides is 1. The maximum atomic E-state index is 14.0. The van der Waals surface area contributed by atoms with Crippen molar-refractivity contribution in [2.24, 2.45) is 11.7 Å². The Labute approximate surface area is 179 Å². The summed E-state index contributed by atoms with van der Waals surface area (Å²) < 4.78 is 28.0. The molecule has 1 saturated carbocycles. The monoisotopic (exact) mass is 434 g/mol. The highest BCUT2D eigenvalue weighted by atomic mass is 35.5. The van der Waals surface area contributed by atoms with E-state index >= 15 is 0 Å². The summed E-state index contributed by atoms with van der Waals surface area (Å²) in [5.74, 6) is -1.30. The first kappa shape index (κ1) is 21.0. The second-order valence-electron chi connectivity index (χ2n) is 8.76. The van der Waals surface area contributed by atoms with E-state index in [9.17, 15) is 13.6 Å². The van der Waals surface area contributed by atoms with Gasteiger partial charge < -0.3 is 16.0 Å². The highest BCUT2D eigenvalue weighted by Crippen LogP contribution is 2.41. The van der Waals surface area contributed by atoms with Crippen LogP contribution in [0.25, 0.3) is 11.1 Å². The lowest BCUT2D eigenvalue weighted by Crippen LogP contribution is -2.40. The number of hydrogen-bond acceptors (Lipinski definition) is 4. The molecule has 1 aromatic carbocycles. The third kappa shape index (κ3) is 4.27. The summed E-state index contributed by atoms with van der Waals surface area (Å²) in [7, 11) is 0. The molecule has 30 heavy (non-hydrogen) atoms. The lowest BCUT2D eigenvalue weighted by atomic mass is 10.0. The van der Waals surface area contributed by atoms with E-state index in [4.69, 9.17) is 17.3 Å². The molecule has 4 rings (SSSR count). The van der Waals surface area contributed by atoms with Crippen LogP contribution in [-0.2, 0) is 0 Å². The molecule has 1 aliphatic carbocycles. The molecule has 0 radical (unpaired) electrons. The van der Waals surface area contributed by atoms with Crippen molar-refractivity contribution < 1.29 is 13.6 Å². The third-order valence-corrected chi connectivity index (χ3v) is 6.17. The summed E-state index contributed by atoms with van der Waals surface area (Å²) in [5, 5.41) is 3.23. The van der Waals surface area contributed by atoms with E-state index < -0.39 is 17.2 Å². The second-order valence-corrected chi connectivity index (χ2v) is 9.17. The normalized spacial score (nSPS) is 22.3. The van der Waals surface area contributed by atoms with Crippen molar-refractivity contribution in [3.05, 3.63) is 46.7 Å². The molecule has 2 atom stereocenters. The summed E-state index contributed by atoms with van der Waals surface area (Å²) in [6.07, 6.45) is 4.25. The average Bonchev–Trinajstić information content (AvgIpc) is 3.43. The Morgan fingerprint density at radius 3 is 2.57 bits per heavy atom. The Bertz CT molecular complexity index is 973. The smallest absolute Gasteiger partial charge is 0.272 e. The molecule has 1 aromatic heterocycles. The van der Waals surface area contributed by atoms with E-state index in [-0.39, 0.29) is 28.2 Å². The van der Waals surface area contributed by atoms with Gasteiger partial charge in [0.15, 0.2) is 5.69 Å². The van der Waals surface area contributed by atoms with Crippen molar-refractivity contribution in [3.8, 4) is 11.1 Å². The molecule has 0 spiro atoms. The zero-order chi connectivity index (χ0) is 21.6. The predicted molar refractivity (Wildman–Crippen MR) is 114 cm³/mol. The number of nitrogens with two attached hydrogens (primary N) is 1. The van der Waals surface area contributed by atoms with E-state index in [1.54, 1.807) is 0 Å². The van der Waals surface area contributed by atoms with Crippen LogP contribution in [0.3, 0.4) is 0 Å². The fourth-order valence-electron chi connectivity index (χ4n) is 4.09. The van der Waals surface area contributed by atoms with Crippen molar-refractivity contribution in [3.63, 3.8) is 0 Å². The maximum absolute atomic E-state index is 14.0. The fraction of sp³-hybridized carbons (Fsp3) is 0.455. The van der Waals surface area contributed by atoms with Crippen LogP contribution in [0.15, 0.2) is 24.4 Å². The largest absolute Gasteiger partial charge is 0.367 e. The number of rotatable bonds is 5. The molecule has 1 amide bonds. The summed E-state index contributed by atoms with van der Waals surface area (Å²) in [5.41, 5.74) is 7.14. The lowest BCUT2D eigenvalue weighted by molar-refractivity contribution is 0.0931. The van der Waals surface area contributed by atoms with Crippen molar-refractivity contribution in [1.82, 2.24) is 10.3 Å². The van der Waals surface area contributed by atoms with Crippen LogP contribution in [0.2, 0.25) is 5.02 Å². The third-order valence-electron chi connectivity index (χ3n) is 5.88. The molecule has 1 aliphatic heterocycles. The quantitative estimate of drug-likeness (QED) is 0.742. The minimum atomic E-state index is -0.720. The highest BCUT2D eigenvalue weighted by molar-refractivity contribution is 6.34. The van der Waals surface area contributed by atoms with Crippen molar-refractivity contribution in [1.29, 1.82) is 0 Å². The number of nitrogens with zero attached hydrogens (tertiary/aromatic N) is 2. The first-order chi connectivity index (χ1) is 14.1. The first-order valence-corrected chi connectivity index (χ1v) is 10.5. The van der Waals surface area contributed by atoms with Crippen LogP contribution in [-0.4, -0.2) is 35.6 Å². The Morgan fingerprint density at radius 1 is 1.33 bits per heavy atom. The van der Waals surface area contributed by atoms with E-state index in [2.05, 4.69) is 10.3 Å². The summed E-state index contributed by atoms with van der Waals surface area (Å²) in [6, 6.07) is 3.24. The Balaban J connectivity index is 1.84.